The average Bonchev–Trinajstić information content (AvgIpc) is 2.03. The van der Waals surface area contributed by atoms with E-state index in [0.29, 0.717) is 18.2 Å². The van der Waals surface area contributed by atoms with E-state index >= 15 is 0 Å². The van der Waals surface area contributed by atoms with E-state index in [2.05, 4.69) is 18.4 Å². The highest BCUT2D eigenvalue weighted by Crippen LogP contribution is 1.88. The fourth-order valence-corrected chi connectivity index (χ4v) is 0.436. The van der Waals surface area contributed by atoms with Gasteiger partial charge in [0.15, 0.2) is 0 Å². The highest BCUT2D eigenvalue weighted by Gasteiger charge is 1.96. The minimum Gasteiger partial charge on any atom is -0.471 e. The molecule has 0 atom stereocenters. The number of amides is 1. The van der Waals surface area contributed by atoms with Crippen LogP contribution in [0.4, 0.5) is 4.79 Å². The molecule has 84 valence electrons. The first kappa shape index (κ1) is 15.9. The number of primary amides is 1. The van der Waals surface area contributed by atoms with Gasteiger partial charge in [-0.1, -0.05) is 12.6 Å². The van der Waals surface area contributed by atoms with Crippen molar-refractivity contribution in [2.45, 2.75) is 6.42 Å². The molecule has 0 fully saturated rings. The SMILES string of the molecule is CN(C)C(=S)OCCCO.NC(=O)S. The number of rotatable bonds is 3. The monoisotopic (exact) mass is 240 g/mol. The Hall–Kier alpha value is -0.530. The number of ether oxygens (including phenoxy) is 1. The van der Waals surface area contributed by atoms with Gasteiger partial charge in [-0.05, 0) is 12.2 Å². The van der Waals surface area contributed by atoms with Gasteiger partial charge in [-0.2, -0.15) is 0 Å². The summed E-state index contributed by atoms with van der Waals surface area (Å²) in [5, 5.41) is 8.21. The number of carbonyl (C=O) groups is 1. The first-order chi connectivity index (χ1) is 6.41. The lowest BCUT2D eigenvalue weighted by Gasteiger charge is -2.13. The molecule has 0 aromatic rings. The number of nitrogens with zero attached hydrogens (tertiary/aromatic N) is 1. The van der Waals surface area contributed by atoms with Gasteiger partial charge in [-0.15, -0.1) is 0 Å². The Labute approximate surface area is 94.6 Å². The summed E-state index contributed by atoms with van der Waals surface area (Å²) in [7, 11) is 3.64. The predicted octanol–water partition coefficient (Wildman–Crippen LogP) is 0.227. The van der Waals surface area contributed by atoms with E-state index < -0.39 is 5.24 Å². The fourth-order valence-electron chi connectivity index (χ4n) is 0.353. The third kappa shape index (κ3) is 17.5. The maximum absolute atomic E-state index is 9.09. The summed E-state index contributed by atoms with van der Waals surface area (Å²) in [5.74, 6) is 0. The van der Waals surface area contributed by atoms with Crippen LogP contribution >= 0.6 is 24.8 Å². The van der Waals surface area contributed by atoms with Crippen LogP contribution in [0.3, 0.4) is 0 Å². The smallest absolute Gasteiger partial charge is 0.273 e. The van der Waals surface area contributed by atoms with Gasteiger partial charge < -0.3 is 20.5 Å². The van der Waals surface area contributed by atoms with Crippen LogP contribution in [0, 0.1) is 0 Å². The standard InChI is InChI=1S/C6H13NO2S.CH3NOS/c1-7(2)6(10)9-5-3-4-8;2-1(3)4/h8H,3-5H2,1-2H3;(H3,2,3,4). The van der Waals surface area contributed by atoms with Gasteiger partial charge in [-0.3, -0.25) is 4.79 Å². The Morgan fingerprint density at radius 1 is 1.64 bits per heavy atom. The van der Waals surface area contributed by atoms with Gasteiger partial charge >= 0.3 is 0 Å². The van der Waals surface area contributed by atoms with Crippen molar-refractivity contribution in [3.63, 3.8) is 0 Å². The molecule has 7 heteroatoms. The zero-order valence-corrected chi connectivity index (χ0v) is 9.98. The van der Waals surface area contributed by atoms with Crippen molar-refractivity contribution in [3.8, 4) is 0 Å². The Morgan fingerprint density at radius 3 is 2.36 bits per heavy atom. The first-order valence-electron chi connectivity index (χ1n) is 3.85. The van der Waals surface area contributed by atoms with Crippen LogP contribution in [0.15, 0.2) is 0 Å². The number of hydrogen-bond acceptors (Lipinski definition) is 4. The number of aliphatic hydroxyl groups is 1. The van der Waals surface area contributed by atoms with E-state index in [4.69, 9.17) is 26.9 Å². The van der Waals surface area contributed by atoms with Crippen molar-refractivity contribution in [3.05, 3.63) is 0 Å². The molecule has 0 rings (SSSR count). The molecule has 0 aliphatic carbocycles. The summed E-state index contributed by atoms with van der Waals surface area (Å²) in [6.07, 6.45) is 0.633. The highest BCUT2D eigenvalue weighted by molar-refractivity contribution is 7.96. The first-order valence-corrected chi connectivity index (χ1v) is 4.70. The molecule has 0 heterocycles. The Bertz CT molecular complexity index is 172. The molecule has 0 radical (unpaired) electrons. The van der Waals surface area contributed by atoms with Crippen LogP contribution in [0.25, 0.3) is 0 Å². The second-order valence-corrected chi connectivity index (χ2v) is 3.21. The largest absolute Gasteiger partial charge is 0.471 e. The van der Waals surface area contributed by atoms with Crippen LogP contribution in [0.2, 0.25) is 0 Å². The molecule has 14 heavy (non-hydrogen) atoms. The lowest BCUT2D eigenvalue weighted by molar-refractivity contribution is 0.213. The van der Waals surface area contributed by atoms with Crippen molar-refractivity contribution >= 4 is 35.3 Å². The molecule has 0 saturated heterocycles. The topological polar surface area (TPSA) is 75.8 Å². The molecule has 0 bridgehead atoms. The molecule has 1 amide bonds. The molecule has 5 nitrogen and oxygen atoms in total. The van der Waals surface area contributed by atoms with Gasteiger partial charge in [0.05, 0.1) is 6.61 Å². The Kier molecular flexibility index (Phi) is 12.0. The van der Waals surface area contributed by atoms with E-state index in [1.165, 1.54) is 0 Å². The predicted molar refractivity (Wildman–Crippen MR) is 62.5 cm³/mol. The zero-order valence-electron chi connectivity index (χ0n) is 8.27. The maximum atomic E-state index is 9.09. The molecule has 0 saturated carbocycles. The number of thiocarbonyl (C=S) groups is 1. The van der Waals surface area contributed by atoms with Crippen molar-refractivity contribution in [2.75, 3.05) is 27.3 Å². The number of carbonyl (C=O) groups excluding carboxylic acids is 1. The molecule has 0 aliphatic rings. The van der Waals surface area contributed by atoms with Crippen LogP contribution in [-0.2, 0) is 4.74 Å². The van der Waals surface area contributed by atoms with E-state index in [1.54, 1.807) is 4.90 Å². The van der Waals surface area contributed by atoms with Crippen molar-refractivity contribution < 1.29 is 14.6 Å². The van der Waals surface area contributed by atoms with E-state index in [0.717, 1.165) is 0 Å². The van der Waals surface area contributed by atoms with Crippen molar-refractivity contribution in [1.29, 1.82) is 0 Å². The number of nitrogens with two attached hydrogens (primary N) is 1. The van der Waals surface area contributed by atoms with E-state index in [-0.39, 0.29) is 6.61 Å². The lowest BCUT2D eigenvalue weighted by atomic mass is 10.5. The maximum Gasteiger partial charge on any atom is 0.273 e. The van der Waals surface area contributed by atoms with Gasteiger partial charge in [0, 0.05) is 27.1 Å². The summed E-state index contributed by atoms with van der Waals surface area (Å²) in [6.45, 7) is 0.642. The Balaban J connectivity index is 0. The van der Waals surface area contributed by atoms with Crippen LogP contribution in [0.1, 0.15) is 6.42 Å². The average molecular weight is 240 g/mol. The molecule has 0 aromatic carbocycles. The molecule has 0 spiro atoms. The number of aliphatic hydroxyl groups excluding tert-OH is 1. The zero-order chi connectivity index (χ0) is 11.6. The van der Waals surface area contributed by atoms with Gasteiger partial charge in [-0.25, -0.2) is 0 Å². The summed E-state index contributed by atoms with van der Waals surface area (Å²) < 4.78 is 5.04. The van der Waals surface area contributed by atoms with Crippen molar-refractivity contribution in [1.82, 2.24) is 4.90 Å². The quantitative estimate of drug-likeness (QED) is 0.374. The molecule has 3 N–H and O–H groups in total. The second-order valence-electron chi connectivity index (χ2n) is 2.42. The third-order valence-electron chi connectivity index (χ3n) is 0.893. The minimum atomic E-state index is -0.639. The molecule has 0 aliphatic heterocycles. The number of thiol groups is 1. The molecule has 0 unspecified atom stereocenters. The summed E-state index contributed by atoms with van der Waals surface area (Å²) in [4.78, 5) is 10.8. The lowest BCUT2D eigenvalue weighted by Crippen LogP contribution is -2.22. The minimum absolute atomic E-state index is 0.149. The second kappa shape index (κ2) is 10.6. The summed E-state index contributed by atoms with van der Waals surface area (Å²) in [6, 6.07) is 0. The van der Waals surface area contributed by atoms with Crippen LogP contribution in [-0.4, -0.2) is 47.7 Å². The van der Waals surface area contributed by atoms with Gasteiger partial charge in [0.2, 0.25) is 0 Å². The van der Waals surface area contributed by atoms with Gasteiger partial charge in [0.25, 0.3) is 10.4 Å². The van der Waals surface area contributed by atoms with E-state index in [9.17, 15) is 0 Å². The molecular weight excluding hydrogens is 224 g/mol. The van der Waals surface area contributed by atoms with Crippen LogP contribution < -0.4 is 5.73 Å². The van der Waals surface area contributed by atoms with Gasteiger partial charge in [0.1, 0.15) is 0 Å². The Morgan fingerprint density at radius 2 is 2.07 bits per heavy atom. The molecular formula is C7H16N2O3S2. The summed E-state index contributed by atoms with van der Waals surface area (Å²) in [5.41, 5.74) is 4.34. The summed E-state index contributed by atoms with van der Waals surface area (Å²) >= 11 is 7.92. The van der Waals surface area contributed by atoms with Crippen LogP contribution in [0.5, 0.6) is 0 Å². The van der Waals surface area contributed by atoms with E-state index in [1.807, 2.05) is 14.1 Å². The highest BCUT2D eigenvalue weighted by atomic mass is 32.1. The normalized spacial score (nSPS) is 8.29. The fraction of sp³-hybridized carbons (Fsp3) is 0.714. The third-order valence-corrected chi connectivity index (χ3v) is 1.38. The number of hydrogen-bond donors (Lipinski definition) is 3. The molecule has 0 aromatic heterocycles. The van der Waals surface area contributed by atoms with Crippen molar-refractivity contribution in [2.24, 2.45) is 5.73 Å².